The Bertz CT molecular complexity index is 3660. The number of rotatable bonds is 12. The third kappa shape index (κ3) is 10.2. The predicted molar refractivity (Wildman–Crippen MR) is 398 cm³/mol. The highest BCUT2D eigenvalue weighted by Gasteiger charge is 2.47. The molecule has 10 rings (SSSR count). The van der Waals surface area contributed by atoms with Crippen LogP contribution in [0.25, 0.3) is 64.6 Å². The zero-order chi connectivity index (χ0) is 63.3. The molecule has 0 radical (unpaired) electrons. The third-order valence-corrected chi connectivity index (χ3v) is 48.6. The summed E-state index contributed by atoms with van der Waals surface area (Å²) in [6, 6.07) is 38.5. The lowest BCUT2D eigenvalue weighted by molar-refractivity contribution is 0.796. The molecule has 0 aromatic heterocycles. The molecule has 0 saturated heterocycles. The van der Waals surface area contributed by atoms with Gasteiger partial charge in [0.1, 0.15) is 32.3 Å². The standard InChI is InChI=1S/C83H104Si4/c1-50(2)84(51(3)4,52(5)6)37-33-66-70-41-62-29-25-26-30-63(62)42-71(70)67(34-38-85(53(7)8,54(9)10)55(11)12)75-46-79-78(45-74(66)75)82-49-83(79)81-48-77-69(36-40-87(59(19)20,60(21)22)61(23)24)73-44-65-32-28-27-31-64(65)43-72(73)68(76(77)47-80(81)82)35-39-86(56(13)14,57(15)16)58(17)18/h25-32,41-48,50-61,82-83H,49H2,1-24H3. The van der Waals surface area contributed by atoms with E-state index in [1.165, 1.54) is 109 Å². The fourth-order valence-corrected chi connectivity index (χ4v) is 40.1. The molecule has 0 nitrogen and oxygen atoms in total. The third-order valence-electron chi connectivity index (χ3n) is 23.4. The van der Waals surface area contributed by atoms with Crippen LogP contribution < -0.4 is 0 Å². The van der Waals surface area contributed by atoms with E-state index in [2.05, 4.69) is 309 Å². The minimum atomic E-state index is -2.15. The van der Waals surface area contributed by atoms with Gasteiger partial charge in [-0.1, -0.05) is 238 Å². The SMILES string of the molecule is CC(C)[Si](C#Cc1c2cc3c(cc2c(C#C[Si](C(C)C)(C(C)C)C(C)C)c2cc4ccccc4cc12)C1CC3c2cc3c(C#C[Si](C(C)C)(C(C)C)C(C)C)c4cc5ccccc5cc4c(C#C[Si](C(C)C)(C(C)C)C(C)C)c3cc21)(C(C)C)C(C)C. The van der Waals surface area contributed by atoms with E-state index in [1.54, 1.807) is 0 Å². The molecule has 4 heteroatoms. The van der Waals surface area contributed by atoms with Crippen molar-refractivity contribution in [2.24, 2.45) is 0 Å². The molecule has 0 heterocycles. The normalized spacial score (nSPS) is 15.5. The van der Waals surface area contributed by atoms with Crippen molar-refractivity contribution in [2.75, 3.05) is 0 Å². The summed E-state index contributed by atoms with van der Waals surface area (Å²) in [6.07, 6.45) is 1.07. The van der Waals surface area contributed by atoms with Gasteiger partial charge in [0.05, 0.1) is 0 Å². The molecule has 2 aliphatic carbocycles. The van der Waals surface area contributed by atoms with Crippen LogP contribution in [-0.2, 0) is 0 Å². The smallest absolute Gasteiger partial charge is 0.125 e. The maximum Gasteiger partial charge on any atom is 0.146 e. The Hall–Kier alpha value is -5.57. The van der Waals surface area contributed by atoms with Crippen LogP contribution in [0.3, 0.4) is 0 Å². The topological polar surface area (TPSA) is 0 Å². The molecule has 87 heavy (non-hydrogen) atoms. The van der Waals surface area contributed by atoms with Crippen LogP contribution >= 0.6 is 0 Å². The van der Waals surface area contributed by atoms with Gasteiger partial charge in [-0.15, -0.1) is 22.2 Å². The van der Waals surface area contributed by atoms with Crippen molar-refractivity contribution in [3.63, 3.8) is 0 Å². The first-order valence-electron chi connectivity index (χ1n) is 34.1. The molecule has 0 saturated carbocycles. The van der Waals surface area contributed by atoms with Gasteiger partial charge < -0.3 is 0 Å². The monoisotopic (exact) mass is 1210 g/mol. The van der Waals surface area contributed by atoms with Gasteiger partial charge in [0.2, 0.25) is 0 Å². The average molecular weight is 1210 g/mol. The quantitative estimate of drug-likeness (QED) is 0.0650. The Morgan fingerprint density at radius 1 is 0.253 bits per heavy atom. The lowest BCUT2D eigenvalue weighted by Crippen LogP contribution is -2.43. The van der Waals surface area contributed by atoms with E-state index in [-0.39, 0.29) is 11.8 Å². The number of fused-ring (bicyclic) bond motifs is 14. The molecule has 8 aromatic carbocycles. The summed E-state index contributed by atoms with van der Waals surface area (Å²) >= 11 is 0. The van der Waals surface area contributed by atoms with Gasteiger partial charge in [-0.2, -0.15) is 0 Å². The molecule has 0 unspecified atom stereocenters. The molecule has 452 valence electrons. The van der Waals surface area contributed by atoms with E-state index in [4.69, 9.17) is 0 Å². The number of benzene rings is 8. The van der Waals surface area contributed by atoms with Crippen LogP contribution in [0.2, 0.25) is 66.5 Å². The van der Waals surface area contributed by atoms with Crippen molar-refractivity contribution in [2.45, 2.75) is 251 Å². The lowest BCUT2D eigenvalue weighted by atomic mass is 9.80. The van der Waals surface area contributed by atoms with Gasteiger partial charge >= 0.3 is 0 Å². The zero-order valence-electron chi connectivity index (χ0n) is 58.0. The van der Waals surface area contributed by atoms with Gasteiger partial charge in [0, 0.05) is 34.1 Å². The molecule has 8 aromatic rings. The van der Waals surface area contributed by atoms with Crippen molar-refractivity contribution < 1.29 is 0 Å². The minimum absolute atomic E-state index is 0.246. The molecule has 2 bridgehead atoms. The molecule has 0 aliphatic heterocycles. The first-order chi connectivity index (χ1) is 41.0. The van der Waals surface area contributed by atoms with Crippen molar-refractivity contribution in [1.82, 2.24) is 0 Å². The molecule has 0 spiro atoms. The van der Waals surface area contributed by atoms with Crippen LogP contribution in [-0.4, -0.2) is 32.3 Å². The van der Waals surface area contributed by atoms with Crippen molar-refractivity contribution in [3.8, 4) is 45.9 Å². The Morgan fingerprint density at radius 2 is 0.414 bits per heavy atom. The van der Waals surface area contributed by atoms with Gasteiger partial charge in [0.15, 0.2) is 0 Å². The highest BCUT2D eigenvalue weighted by Crippen LogP contribution is 2.59. The molecular weight excluding hydrogens is 1110 g/mol. The largest absolute Gasteiger partial charge is 0.146 e. The summed E-state index contributed by atoms with van der Waals surface area (Å²) in [5.74, 6) is 17.3. The van der Waals surface area contributed by atoms with Gasteiger partial charge in [-0.3, -0.25) is 0 Å². The summed E-state index contributed by atoms with van der Waals surface area (Å²) in [5.41, 5.74) is 34.1. The summed E-state index contributed by atoms with van der Waals surface area (Å²) in [7, 11) is -8.62. The van der Waals surface area contributed by atoms with Gasteiger partial charge in [0.25, 0.3) is 0 Å². The first kappa shape index (κ1) is 64.4. The van der Waals surface area contributed by atoms with E-state index < -0.39 is 32.3 Å². The van der Waals surface area contributed by atoms with E-state index in [0.29, 0.717) is 66.5 Å². The second-order valence-electron chi connectivity index (χ2n) is 31.0. The van der Waals surface area contributed by atoms with Gasteiger partial charge in [-0.05, 0) is 208 Å². The second kappa shape index (κ2) is 24.0. The molecule has 0 atom stereocenters. The van der Waals surface area contributed by atoms with Gasteiger partial charge in [-0.25, -0.2) is 0 Å². The molecule has 0 amide bonds. The Kier molecular flexibility index (Phi) is 17.8. The molecule has 0 fully saturated rings. The van der Waals surface area contributed by atoms with Crippen molar-refractivity contribution in [3.05, 3.63) is 142 Å². The first-order valence-corrected chi connectivity index (χ1v) is 43.0. The highest BCUT2D eigenvalue weighted by molar-refractivity contribution is 6.92. The molecule has 0 N–H and O–H groups in total. The van der Waals surface area contributed by atoms with E-state index >= 15 is 0 Å². The van der Waals surface area contributed by atoms with Crippen LogP contribution in [0.15, 0.2) is 97.1 Å². The Labute approximate surface area is 531 Å². The Morgan fingerprint density at radius 3 is 0.575 bits per heavy atom. The van der Waals surface area contributed by atoms with Crippen molar-refractivity contribution in [1.29, 1.82) is 0 Å². The minimum Gasteiger partial charge on any atom is -0.125 e. The van der Waals surface area contributed by atoms with Crippen LogP contribution in [0.5, 0.6) is 0 Å². The average Bonchev–Trinajstić information content (AvgIpc) is 1.64. The van der Waals surface area contributed by atoms with E-state index in [9.17, 15) is 0 Å². The maximum atomic E-state index is 4.30. The summed E-state index contributed by atoms with van der Waals surface area (Å²) in [5, 5.41) is 15.1. The lowest BCUT2D eigenvalue weighted by Gasteiger charge is -2.38. The van der Waals surface area contributed by atoms with E-state index in [1.807, 2.05) is 0 Å². The van der Waals surface area contributed by atoms with Crippen molar-refractivity contribution >= 4 is 96.9 Å². The van der Waals surface area contributed by atoms with Crippen LogP contribution in [0, 0.1) is 45.9 Å². The zero-order valence-corrected chi connectivity index (χ0v) is 62.0. The van der Waals surface area contributed by atoms with Crippen LogP contribution in [0.1, 0.15) is 229 Å². The molecular formula is C83H104Si4. The molecule has 2 aliphatic rings. The summed E-state index contributed by atoms with van der Waals surface area (Å²) in [6.45, 7) is 58.9. The fraction of sp³-hybridized carbons (Fsp3) is 0.470. The number of hydrogen-bond donors (Lipinski definition) is 0. The predicted octanol–water partition coefficient (Wildman–Crippen LogP) is 24.9. The fourth-order valence-electron chi connectivity index (χ4n) is 19.2. The Balaban J connectivity index is 1.37. The second-order valence-corrected chi connectivity index (χ2v) is 53.3. The summed E-state index contributed by atoms with van der Waals surface area (Å²) in [4.78, 5) is 0. The summed E-state index contributed by atoms with van der Waals surface area (Å²) < 4.78 is 0. The van der Waals surface area contributed by atoms with Crippen LogP contribution in [0.4, 0.5) is 0 Å². The highest BCUT2D eigenvalue weighted by atomic mass is 28.3. The maximum absolute atomic E-state index is 4.30. The number of hydrogen-bond acceptors (Lipinski definition) is 0. The van der Waals surface area contributed by atoms with E-state index in [0.717, 1.165) is 6.42 Å².